The van der Waals surface area contributed by atoms with E-state index >= 15 is 0 Å². The highest BCUT2D eigenvalue weighted by Gasteiger charge is 2.63. The topological polar surface area (TPSA) is 80.6 Å². The molecule has 4 rings (SSSR count). The maximum absolute atomic E-state index is 11.5. The lowest BCUT2D eigenvalue weighted by Gasteiger charge is -2.62. The second kappa shape index (κ2) is 7.27. The summed E-state index contributed by atoms with van der Waals surface area (Å²) in [7, 11) is 0. The first-order chi connectivity index (χ1) is 13.2. The fourth-order valence-electron chi connectivity index (χ4n) is 8.71. The van der Waals surface area contributed by atoms with Gasteiger partial charge in [0, 0.05) is 5.97 Å². The van der Waals surface area contributed by atoms with Crippen LogP contribution in [0.4, 0.5) is 0 Å². The average Bonchev–Trinajstić information content (AvgIpc) is 3.00. The van der Waals surface area contributed by atoms with Gasteiger partial charge in [0.05, 0.1) is 12.2 Å². The Hall–Kier alpha value is -0.610. The van der Waals surface area contributed by atoms with Crippen LogP contribution in [-0.2, 0) is 4.79 Å². The van der Waals surface area contributed by atoms with E-state index < -0.39 is 5.97 Å². The molecule has 0 amide bonds. The van der Waals surface area contributed by atoms with Crippen LogP contribution >= 0.6 is 0 Å². The van der Waals surface area contributed by atoms with Crippen molar-refractivity contribution >= 4 is 5.97 Å². The molecule has 0 aromatic rings. The van der Waals surface area contributed by atoms with E-state index in [1.165, 1.54) is 19.3 Å². The lowest BCUT2D eigenvalue weighted by atomic mass is 9.43. The van der Waals surface area contributed by atoms with Crippen LogP contribution in [0.3, 0.4) is 0 Å². The van der Waals surface area contributed by atoms with Crippen LogP contribution in [0.1, 0.15) is 85.0 Å². The first-order valence-corrected chi connectivity index (χ1v) is 11.7. The van der Waals surface area contributed by atoms with Crippen molar-refractivity contribution in [2.75, 3.05) is 0 Å². The van der Waals surface area contributed by atoms with Crippen molar-refractivity contribution in [3.63, 3.8) is 0 Å². The van der Waals surface area contributed by atoms with Gasteiger partial charge in [-0.05, 0) is 111 Å². The standard InChI is InChI=1S/C24H40O4/c1-14(4-9-22(27)28)18-7-8-19-17-6-5-15-12-16(25)10-11-23(15,2)20(17)13-21(26)24(18,19)3/h14-21,25-26H,4-13H2,1-3H3,(H,27,28)/p-1/t14-,15+,16-,17+,18-,19+,20-,21+,23+,24-/m1/s1. The highest BCUT2D eigenvalue weighted by atomic mass is 16.4. The average molecular weight is 392 g/mol. The lowest BCUT2D eigenvalue weighted by Crippen LogP contribution is -2.58. The molecule has 0 unspecified atom stereocenters. The predicted molar refractivity (Wildman–Crippen MR) is 106 cm³/mol. The maximum Gasteiger partial charge on any atom is 0.0602 e. The number of carbonyl (C=O) groups excluding carboxylic acids is 1. The second-order valence-electron chi connectivity index (χ2n) is 11.3. The van der Waals surface area contributed by atoms with Crippen molar-refractivity contribution in [2.45, 2.75) is 97.2 Å². The predicted octanol–water partition coefficient (Wildman–Crippen LogP) is 3.14. The molecular weight excluding hydrogens is 352 g/mol. The van der Waals surface area contributed by atoms with Gasteiger partial charge >= 0.3 is 0 Å². The Balaban J connectivity index is 1.56. The van der Waals surface area contributed by atoms with E-state index in [9.17, 15) is 20.1 Å². The number of carboxylic acids is 1. The molecule has 0 aliphatic heterocycles. The van der Waals surface area contributed by atoms with Crippen LogP contribution in [0.15, 0.2) is 0 Å². The third kappa shape index (κ3) is 3.05. The molecule has 0 radical (unpaired) electrons. The Morgan fingerprint density at radius 2 is 1.82 bits per heavy atom. The minimum atomic E-state index is -0.957. The second-order valence-corrected chi connectivity index (χ2v) is 11.3. The fraction of sp³-hybridized carbons (Fsp3) is 0.958. The van der Waals surface area contributed by atoms with Gasteiger partial charge in [0.25, 0.3) is 0 Å². The molecular formula is C24H39O4-. The first-order valence-electron chi connectivity index (χ1n) is 11.7. The number of hydrogen-bond donors (Lipinski definition) is 2. The third-order valence-corrected chi connectivity index (χ3v) is 10.3. The number of carboxylic acid groups (broad SMARTS) is 1. The lowest BCUT2D eigenvalue weighted by molar-refractivity contribution is -0.306. The molecule has 0 aromatic heterocycles. The molecule has 4 heteroatoms. The number of aliphatic hydroxyl groups excluding tert-OH is 2. The Kier molecular flexibility index (Phi) is 5.36. The van der Waals surface area contributed by atoms with Crippen LogP contribution in [0.25, 0.3) is 0 Å². The Morgan fingerprint density at radius 1 is 1.07 bits per heavy atom. The van der Waals surface area contributed by atoms with E-state index in [4.69, 9.17) is 0 Å². The summed E-state index contributed by atoms with van der Waals surface area (Å²) in [6, 6.07) is 0. The summed E-state index contributed by atoms with van der Waals surface area (Å²) >= 11 is 0. The molecule has 160 valence electrons. The van der Waals surface area contributed by atoms with Crippen molar-refractivity contribution in [2.24, 2.45) is 46.3 Å². The van der Waals surface area contributed by atoms with E-state index in [2.05, 4.69) is 20.8 Å². The van der Waals surface area contributed by atoms with Gasteiger partial charge in [0.1, 0.15) is 0 Å². The summed E-state index contributed by atoms with van der Waals surface area (Å²) in [6.45, 7) is 6.94. The quantitative estimate of drug-likeness (QED) is 0.771. The number of rotatable bonds is 4. The Labute approximate surface area is 170 Å². The summed E-state index contributed by atoms with van der Waals surface area (Å²) in [5.41, 5.74) is 0.188. The molecule has 28 heavy (non-hydrogen) atoms. The molecule has 10 atom stereocenters. The summed E-state index contributed by atoms with van der Waals surface area (Å²) < 4.78 is 0. The van der Waals surface area contributed by atoms with Gasteiger partial charge in [0.15, 0.2) is 0 Å². The molecule has 2 N–H and O–H groups in total. The van der Waals surface area contributed by atoms with Crippen molar-refractivity contribution in [1.29, 1.82) is 0 Å². The highest BCUT2D eigenvalue weighted by Crippen LogP contribution is 2.68. The van der Waals surface area contributed by atoms with Gasteiger partial charge in [-0.25, -0.2) is 0 Å². The number of aliphatic carboxylic acids is 1. The van der Waals surface area contributed by atoms with Crippen molar-refractivity contribution in [3.8, 4) is 0 Å². The van der Waals surface area contributed by atoms with Gasteiger partial charge in [-0.3, -0.25) is 0 Å². The number of aliphatic hydroxyl groups is 2. The molecule has 0 bridgehead atoms. The minimum Gasteiger partial charge on any atom is -0.550 e. The van der Waals surface area contributed by atoms with Gasteiger partial charge in [-0.15, -0.1) is 0 Å². The van der Waals surface area contributed by atoms with Crippen LogP contribution in [-0.4, -0.2) is 28.4 Å². The zero-order valence-corrected chi connectivity index (χ0v) is 17.9. The summed E-state index contributed by atoms with van der Waals surface area (Å²) in [6.07, 6.45) is 8.98. The molecule has 4 aliphatic rings. The van der Waals surface area contributed by atoms with Crippen LogP contribution < -0.4 is 5.11 Å². The smallest absolute Gasteiger partial charge is 0.0602 e. The van der Waals surface area contributed by atoms with Gasteiger partial charge in [0.2, 0.25) is 0 Å². The third-order valence-electron chi connectivity index (χ3n) is 10.3. The van der Waals surface area contributed by atoms with Gasteiger partial charge in [-0.2, -0.15) is 0 Å². The molecule has 0 heterocycles. The van der Waals surface area contributed by atoms with Crippen molar-refractivity contribution in [3.05, 3.63) is 0 Å². The molecule has 4 nitrogen and oxygen atoms in total. The Bertz CT molecular complexity index is 605. The van der Waals surface area contributed by atoms with E-state index in [1.807, 2.05) is 0 Å². The van der Waals surface area contributed by atoms with Crippen molar-refractivity contribution < 1.29 is 20.1 Å². The molecule has 4 fully saturated rings. The van der Waals surface area contributed by atoms with Gasteiger partial charge < -0.3 is 20.1 Å². The van der Waals surface area contributed by atoms with E-state index in [0.717, 1.165) is 32.1 Å². The summed E-state index contributed by atoms with van der Waals surface area (Å²) in [5, 5.41) is 32.6. The highest BCUT2D eigenvalue weighted by molar-refractivity contribution is 5.64. The monoisotopic (exact) mass is 391 g/mol. The molecule has 4 saturated carbocycles. The largest absolute Gasteiger partial charge is 0.550 e. The molecule has 0 spiro atoms. The number of carbonyl (C=O) groups is 1. The molecule has 0 aromatic carbocycles. The van der Waals surface area contributed by atoms with Crippen molar-refractivity contribution in [1.82, 2.24) is 0 Å². The zero-order chi connectivity index (χ0) is 20.3. The minimum absolute atomic E-state index is 0.0795. The molecule has 4 aliphatic carbocycles. The molecule has 0 saturated heterocycles. The Morgan fingerprint density at radius 3 is 2.54 bits per heavy atom. The maximum atomic E-state index is 11.5. The normalized spacial score (nSPS) is 51.7. The van der Waals surface area contributed by atoms with Gasteiger partial charge in [-0.1, -0.05) is 20.8 Å². The van der Waals surface area contributed by atoms with E-state index in [-0.39, 0.29) is 29.5 Å². The summed E-state index contributed by atoms with van der Waals surface area (Å²) in [4.78, 5) is 10.9. The van der Waals surface area contributed by atoms with Crippen LogP contribution in [0, 0.1) is 46.3 Å². The first kappa shape index (κ1) is 20.7. The number of hydrogen-bond acceptors (Lipinski definition) is 4. The number of fused-ring (bicyclic) bond motifs is 5. The van der Waals surface area contributed by atoms with E-state index in [0.29, 0.717) is 41.9 Å². The van der Waals surface area contributed by atoms with Crippen LogP contribution in [0.2, 0.25) is 0 Å². The summed E-state index contributed by atoms with van der Waals surface area (Å²) in [5.74, 6) is 2.19. The van der Waals surface area contributed by atoms with Crippen LogP contribution in [0.5, 0.6) is 0 Å². The zero-order valence-electron chi connectivity index (χ0n) is 17.9. The van der Waals surface area contributed by atoms with E-state index in [1.54, 1.807) is 0 Å². The SMILES string of the molecule is C[C@H](CCC(=O)[O-])[C@H]1CC[C@H]2[C@@H]3CC[C@H]4C[C@H](O)CC[C@]4(C)[C@@H]3C[C@H](O)[C@]12C. The fourth-order valence-corrected chi connectivity index (χ4v) is 8.71.